The van der Waals surface area contributed by atoms with Crippen LogP contribution in [0.25, 0.3) is 0 Å². The lowest BCUT2D eigenvalue weighted by Gasteiger charge is -2.21. The maximum Gasteiger partial charge on any atom is 0.129 e. The summed E-state index contributed by atoms with van der Waals surface area (Å²) in [6, 6.07) is 8.11. The first-order valence-electron chi connectivity index (χ1n) is 6.26. The maximum atomic E-state index is 14.3. The van der Waals surface area contributed by atoms with Crippen molar-refractivity contribution >= 4 is 55.1 Å². The third-order valence-electron chi connectivity index (χ3n) is 3.03. The molecule has 0 bridgehead atoms. The summed E-state index contributed by atoms with van der Waals surface area (Å²) < 4.78 is 15.7. The Morgan fingerprint density at radius 3 is 2.48 bits per heavy atom. The Morgan fingerprint density at radius 2 is 1.81 bits per heavy atom. The summed E-state index contributed by atoms with van der Waals surface area (Å²) >= 11 is 18.9. The van der Waals surface area contributed by atoms with E-state index in [-0.39, 0.29) is 11.9 Å². The van der Waals surface area contributed by atoms with Gasteiger partial charge in [0.15, 0.2) is 0 Å². The van der Waals surface area contributed by atoms with E-state index in [1.165, 1.54) is 6.07 Å². The molecule has 0 heterocycles. The lowest BCUT2D eigenvalue weighted by atomic mass is 9.98. The topological polar surface area (TPSA) is 12.0 Å². The highest BCUT2D eigenvalue weighted by molar-refractivity contribution is 9.10. The zero-order valence-electron chi connectivity index (χ0n) is 11.1. The van der Waals surface area contributed by atoms with Gasteiger partial charge in [-0.1, -0.05) is 46.1 Å². The smallest absolute Gasteiger partial charge is 0.129 e. The largest absolute Gasteiger partial charge is 0.306 e. The average Bonchev–Trinajstić information content (AvgIpc) is 2.43. The predicted molar refractivity (Wildman–Crippen MR) is 93.8 cm³/mol. The lowest BCUT2D eigenvalue weighted by Crippen LogP contribution is -2.23. The van der Waals surface area contributed by atoms with Gasteiger partial charge in [0.1, 0.15) is 5.82 Å². The second-order valence-electron chi connectivity index (χ2n) is 4.44. The molecule has 0 aliphatic carbocycles. The van der Waals surface area contributed by atoms with Crippen LogP contribution in [-0.4, -0.2) is 6.54 Å². The van der Waals surface area contributed by atoms with Crippen molar-refractivity contribution in [2.24, 2.45) is 0 Å². The SMILES string of the molecule is CCNC(c1cc(Cl)c(Br)cc1F)c1cc(Cl)ccc1Br. The fourth-order valence-corrected chi connectivity index (χ4v) is 3.23. The first-order valence-corrected chi connectivity index (χ1v) is 8.61. The first kappa shape index (κ1) is 17.2. The monoisotopic (exact) mass is 453 g/mol. The van der Waals surface area contributed by atoms with Crippen LogP contribution in [0, 0.1) is 5.82 Å². The average molecular weight is 456 g/mol. The van der Waals surface area contributed by atoms with Crippen LogP contribution in [0.4, 0.5) is 4.39 Å². The van der Waals surface area contributed by atoms with E-state index >= 15 is 0 Å². The summed E-state index contributed by atoms with van der Waals surface area (Å²) in [4.78, 5) is 0. The fourth-order valence-electron chi connectivity index (χ4n) is 2.09. The highest BCUT2D eigenvalue weighted by Gasteiger charge is 2.21. The van der Waals surface area contributed by atoms with Crippen LogP contribution in [0.5, 0.6) is 0 Å². The van der Waals surface area contributed by atoms with Crippen molar-refractivity contribution in [1.29, 1.82) is 0 Å². The minimum Gasteiger partial charge on any atom is -0.306 e. The van der Waals surface area contributed by atoms with E-state index in [4.69, 9.17) is 23.2 Å². The van der Waals surface area contributed by atoms with Gasteiger partial charge in [-0.2, -0.15) is 0 Å². The van der Waals surface area contributed by atoms with Gasteiger partial charge in [-0.05, 0) is 58.4 Å². The third kappa shape index (κ3) is 3.99. The molecular formula is C15H12Br2Cl2FN. The second-order valence-corrected chi connectivity index (χ2v) is 7.00. The number of rotatable bonds is 4. The van der Waals surface area contributed by atoms with Gasteiger partial charge in [0, 0.05) is 19.5 Å². The highest BCUT2D eigenvalue weighted by Crippen LogP contribution is 2.35. The molecule has 112 valence electrons. The van der Waals surface area contributed by atoms with Gasteiger partial charge in [-0.3, -0.25) is 0 Å². The molecule has 2 aromatic rings. The minimum absolute atomic E-state index is 0.330. The molecular weight excluding hydrogens is 444 g/mol. The zero-order chi connectivity index (χ0) is 15.6. The molecule has 1 N–H and O–H groups in total. The van der Waals surface area contributed by atoms with Gasteiger partial charge in [0.2, 0.25) is 0 Å². The Bertz CT molecular complexity index is 664. The van der Waals surface area contributed by atoms with E-state index in [0.29, 0.717) is 26.6 Å². The fraction of sp³-hybridized carbons (Fsp3) is 0.200. The summed E-state index contributed by atoms with van der Waals surface area (Å²) in [5.74, 6) is -0.330. The summed E-state index contributed by atoms with van der Waals surface area (Å²) in [6.45, 7) is 2.64. The molecule has 1 unspecified atom stereocenters. The Morgan fingerprint density at radius 1 is 1.10 bits per heavy atom. The molecule has 1 nitrogen and oxygen atoms in total. The van der Waals surface area contributed by atoms with Crippen molar-refractivity contribution in [3.63, 3.8) is 0 Å². The Hall–Kier alpha value is -0.130. The maximum absolute atomic E-state index is 14.3. The van der Waals surface area contributed by atoms with Crippen LogP contribution >= 0.6 is 55.1 Å². The Balaban J connectivity index is 2.58. The van der Waals surface area contributed by atoms with Crippen LogP contribution in [0.1, 0.15) is 24.1 Å². The highest BCUT2D eigenvalue weighted by atomic mass is 79.9. The lowest BCUT2D eigenvalue weighted by molar-refractivity contribution is 0.557. The number of nitrogens with one attached hydrogen (secondary N) is 1. The summed E-state index contributed by atoms with van der Waals surface area (Å²) in [5, 5.41) is 4.33. The van der Waals surface area contributed by atoms with Crippen molar-refractivity contribution in [3.8, 4) is 0 Å². The molecule has 0 saturated heterocycles. The summed E-state index contributed by atoms with van der Waals surface area (Å²) in [7, 11) is 0. The van der Waals surface area contributed by atoms with Crippen LogP contribution in [-0.2, 0) is 0 Å². The van der Waals surface area contributed by atoms with Crippen molar-refractivity contribution in [2.75, 3.05) is 6.54 Å². The minimum atomic E-state index is -0.339. The quantitative estimate of drug-likeness (QED) is 0.529. The molecule has 0 aromatic heterocycles. The van der Waals surface area contributed by atoms with Crippen molar-refractivity contribution in [3.05, 3.63) is 66.3 Å². The molecule has 0 spiro atoms. The number of hydrogen-bond acceptors (Lipinski definition) is 1. The standard InChI is InChI=1S/C15H12Br2Cl2FN/c1-2-21-15(9-5-8(18)3-4-11(9)16)10-6-13(19)12(17)7-14(10)20/h3-7,15,21H,2H2,1H3. The van der Waals surface area contributed by atoms with Crippen molar-refractivity contribution in [2.45, 2.75) is 13.0 Å². The summed E-state index contributed by atoms with van der Waals surface area (Å²) in [6.07, 6.45) is 0. The van der Waals surface area contributed by atoms with E-state index in [1.807, 2.05) is 19.1 Å². The van der Waals surface area contributed by atoms with Gasteiger partial charge in [0.25, 0.3) is 0 Å². The normalized spacial score (nSPS) is 12.5. The molecule has 0 fully saturated rings. The Labute approximate surface area is 150 Å². The van der Waals surface area contributed by atoms with Crippen molar-refractivity contribution in [1.82, 2.24) is 5.32 Å². The number of halogens is 5. The van der Waals surface area contributed by atoms with E-state index in [0.717, 1.165) is 10.0 Å². The molecule has 0 aliphatic rings. The molecule has 6 heteroatoms. The van der Waals surface area contributed by atoms with Crippen LogP contribution < -0.4 is 5.32 Å². The van der Waals surface area contributed by atoms with Gasteiger partial charge >= 0.3 is 0 Å². The van der Waals surface area contributed by atoms with Gasteiger partial charge < -0.3 is 5.32 Å². The molecule has 2 aromatic carbocycles. The zero-order valence-corrected chi connectivity index (χ0v) is 15.7. The van der Waals surface area contributed by atoms with Crippen molar-refractivity contribution < 1.29 is 4.39 Å². The molecule has 1 atom stereocenters. The molecule has 0 radical (unpaired) electrons. The van der Waals surface area contributed by atoms with Gasteiger partial charge in [-0.15, -0.1) is 0 Å². The van der Waals surface area contributed by atoms with Gasteiger partial charge in [0.05, 0.1) is 11.1 Å². The first-order chi connectivity index (χ1) is 9.93. The van der Waals surface area contributed by atoms with E-state index < -0.39 is 0 Å². The summed E-state index contributed by atoms with van der Waals surface area (Å²) in [5.41, 5.74) is 1.34. The third-order valence-corrected chi connectivity index (χ3v) is 5.18. The molecule has 21 heavy (non-hydrogen) atoms. The Kier molecular flexibility index (Phi) is 6.09. The van der Waals surface area contributed by atoms with E-state index in [9.17, 15) is 4.39 Å². The number of hydrogen-bond donors (Lipinski definition) is 1. The van der Waals surface area contributed by atoms with Crippen LogP contribution in [0.2, 0.25) is 10.0 Å². The van der Waals surface area contributed by atoms with E-state index in [1.54, 1.807) is 12.1 Å². The number of benzene rings is 2. The van der Waals surface area contributed by atoms with Crippen LogP contribution in [0.15, 0.2) is 39.3 Å². The second kappa shape index (κ2) is 7.42. The predicted octanol–water partition coefficient (Wildman–Crippen LogP) is 6.36. The molecule has 0 saturated carbocycles. The van der Waals surface area contributed by atoms with Crippen LogP contribution in [0.3, 0.4) is 0 Å². The molecule has 2 rings (SSSR count). The van der Waals surface area contributed by atoms with Gasteiger partial charge in [-0.25, -0.2) is 4.39 Å². The van der Waals surface area contributed by atoms with E-state index in [2.05, 4.69) is 37.2 Å². The molecule has 0 amide bonds. The molecule has 0 aliphatic heterocycles.